The van der Waals surface area contributed by atoms with Gasteiger partial charge in [0.1, 0.15) is 5.76 Å². The average molecular weight is 165 g/mol. The van der Waals surface area contributed by atoms with E-state index in [2.05, 4.69) is 13.8 Å². The van der Waals surface area contributed by atoms with Crippen LogP contribution >= 0.6 is 0 Å². The largest absolute Gasteiger partial charge is 0.469 e. The summed E-state index contributed by atoms with van der Waals surface area (Å²) in [6.45, 7) is 6.02. The predicted molar refractivity (Wildman–Crippen MR) is 51.0 cm³/mol. The molecule has 0 bridgehead atoms. The van der Waals surface area contributed by atoms with Crippen LogP contribution in [0.2, 0.25) is 0 Å². The summed E-state index contributed by atoms with van der Waals surface area (Å²) in [6.07, 6.45) is 7.95. The van der Waals surface area contributed by atoms with Gasteiger partial charge >= 0.3 is 0 Å². The molecule has 0 aliphatic heterocycles. The van der Waals surface area contributed by atoms with Crippen molar-refractivity contribution in [2.75, 3.05) is 0 Å². The highest BCUT2D eigenvalue weighted by molar-refractivity contribution is 5.15. The summed E-state index contributed by atoms with van der Waals surface area (Å²) >= 11 is 0. The van der Waals surface area contributed by atoms with Crippen molar-refractivity contribution in [3.05, 3.63) is 30.6 Å². The van der Waals surface area contributed by atoms with Crippen LogP contribution in [-0.4, -0.2) is 0 Å². The Morgan fingerprint density at radius 3 is 2.75 bits per heavy atom. The molecule has 0 saturated carbocycles. The lowest BCUT2D eigenvalue weighted by Gasteiger charge is -1.95. The fourth-order valence-corrected chi connectivity index (χ4v) is 1.28. The van der Waals surface area contributed by atoms with Crippen LogP contribution in [0.3, 0.4) is 0 Å². The van der Waals surface area contributed by atoms with Crippen molar-refractivity contribution in [3.8, 4) is 0 Å². The summed E-state index contributed by atoms with van der Waals surface area (Å²) in [5.41, 5.74) is 0.987. The molecule has 0 amide bonds. The number of aryl methyl sites for hydroxylation is 1. The lowest BCUT2D eigenvalue weighted by Crippen LogP contribution is -1.81. The van der Waals surface area contributed by atoms with Crippen molar-refractivity contribution in [2.45, 2.75) is 39.0 Å². The molecule has 67 valence electrons. The minimum atomic E-state index is 0.987. The van der Waals surface area contributed by atoms with Crippen molar-refractivity contribution in [1.29, 1.82) is 0 Å². The Morgan fingerprint density at radius 1 is 1.33 bits per heavy atom. The van der Waals surface area contributed by atoms with Gasteiger partial charge in [0.25, 0.3) is 0 Å². The van der Waals surface area contributed by atoms with Crippen molar-refractivity contribution < 1.29 is 4.42 Å². The SMILES string of the molecule is [CH2]c1coc(CCCCCC)c1. The molecular weight excluding hydrogens is 148 g/mol. The smallest absolute Gasteiger partial charge is 0.104 e. The van der Waals surface area contributed by atoms with Gasteiger partial charge in [0.05, 0.1) is 6.26 Å². The molecule has 0 unspecified atom stereocenters. The highest BCUT2D eigenvalue weighted by Gasteiger charge is 1.97. The zero-order chi connectivity index (χ0) is 8.81. The second-order valence-corrected chi connectivity index (χ2v) is 3.23. The molecule has 0 spiro atoms. The van der Waals surface area contributed by atoms with Gasteiger partial charge in [0.2, 0.25) is 0 Å². The minimum absolute atomic E-state index is 0.987. The van der Waals surface area contributed by atoms with Crippen LogP contribution in [0, 0.1) is 6.92 Å². The lowest BCUT2D eigenvalue weighted by atomic mass is 10.1. The third-order valence-corrected chi connectivity index (χ3v) is 1.98. The summed E-state index contributed by atoms with van der Waals surface area (Å²) in [4.78, 5) is 0. The van der Waals surface area contributed by atoms with Gasteiger partial charge in [0, 0.05) is 6.42 Å². The number of hydrogen-bond acceptors (Lipinski definition) is 1. The maximum absolute atomic E-state index is 5.28. The maximum Gasteiger partial charge on any atom is 0.104 e. The molecule has 0 atom stereocenters. The van der Waals surface area contributed by atoms with Gasteiger partial charge in [-0.2, -0.15) is 0 Å². The van der Waals surface area contributed by atoms with Crippen LogP contribution in [0.1, 0.15) is 43.9 Å². The predicted octanol–water partition coefficient (Wildman–Crippen LogP) is 3.58. The van der Waals surface area contributed by atoms with E-state index in [1.54, 1.807) is 6.26 Å². The highest BCUT2D eigenvalue weighted by Crippen LogP contribution is 2.10. The third kappa shape index (κ3) is 3.12. The Balaban J connectivity index is 2.15. The first-order chi connectivity index (χ1) is 5.83. The lowest BCUT2D eigenvalue weighted by molar-refractivity contribution is 0.494. The van der Waals surface area contributed by atoms with Crippen LogP contribution in [-0.2, 0) is 6.42 Å². The van der Waals surface area contributed by atoms with E-state index in [-0.39, 0.29) is 0 Å². The Labute approximate surface area is 74.8 Å². The van der Waals surface area contributed by atoms with E-state index in [0.29, 0.717) is 0 Å². The van der Waals surface area contributed by atoms with Crippen LogP contribution in [0.15, 0.2) is 16.7 Å². The minimum Gasteiger partial charge on any atom is -0.469 e. The van der Waals surface area contributed by atoms with E-state index < -0.39 is 0 Å². The molecule has 1 aromatic heterocycles. The first kappa shape index (κ1) is 9.37. The van der Waals surface area contributed by atoms with Crippen LogP contribution in [0.5, 0.6) is 0 Å². The molecule has 0 fully saturated rings. The third-order valence-electron chi connectivity index (χ3n) is 1.98. The summed E-state index contributed by atoms with van der Waals surface area (Å²) in [7, 11) is 0. The number of rotatable bonds is 5. The Bertz CT molecular complexity index is 213. The van der Waals surface area contributed by atoms with E-state index in [0.717, 1.165) is 17.7 Å². The second-order valence-electron chi connectivity index (χ2n) is 3.23. The molecule has 0 aromatic carbocycles. The fraction of sp³-hybridized carbons (Fsp3) is 0.545. The molecule has 0 saturated heterocycles. The van der Waals surface area contributed by atoms with Crippen LogP contribution < -0.4 is 0 Å². The van der Waals surface area contributed by atoms with Crippen LogP contribution in [0.25, 0.3) is 0 Å². The normalized spacial score (nSPS) is 10.5. The van der Waals surface area contributed by atoms with Crippen molar-refractivity contribution in [1.82, 2.24) is 0 Å². The summed E-state index contributed by atoms with van der Waals surface area (Å²) in [5.74, 6) is 1.08. The molecule has 0 aliphatic rings. The quantitative estimate of drug-likeness (QED) is 0.608. The summed E-state index contributed by atoms with van der Waals surface area (Å²) < 4.78 is 5.28. The van der Waals surface area contributed by atoms with Crippen molar-refractivity contribution in [3.63, 3.8) is 0 Å². The Morgan fingerprint density at radius 2 is 2.17 bits per heavy atom. The monoisotopic (exact) mass is 165 g/mol. The van der Waals surface area contributed by atoms with Gasteiger partial charge in [-0.25, -0.2) is 0 Å². The van der Waals surface area contributed by atoms with Gasteiger partial charge in [-0.05, 0) is 25.0 Å². The molecule has 0 N–H and O–H groups in total. The Hall–Kier alpha value is -0.720. The van der Waals surface area contributed by atoms with E-state index in [9.17, 15) is 0 Å². The molecule has 1 heterocycles. The second kappa shape index (κ2) is 5.02. The van der Waals surface area contributed by atoms with Gasteiger partial charge in [-0.15, -0.1) is 0 Å². The standard InChI is InChI=1S/C11H17O/c1-3-4-5-6-7-11-8-10(2)9-12-11/h8-9H,2-7H2,1H3. The molecule has 1 nitrogen and oxygen atoms in total. The first-order valence-electron chi connectivity index (χ1n) is 4.72. The topological polar surface area (TPSA) is 13.1 Å². The van der Waals surface area contributed by atoms with Gasteiger partial charge in [-0.3, -0.25) is 0 Å². The summed E-state index contributed by atoms with van der Waals surface area (Å²) in [5, 5.41) is 0. The van der Waals surface area contributed by atoms with Crippen molar-refractivity contribution >= 4 is 0 Å². The van der Waals surface area contributed by atoms with Gasteiger partial charge in [-0.1, -0.05) is 26.2 Å². The number of furan rings is 1. The summed E-state index contributed by atoms with van der Waals surface area (Å²) in [6, 6.07) is 2.02. The molecule has 1 aromatic rings. The van der Waals surface area contributed by atoms with E-state index in [1.165, 1.54) is 25.7 Å². The molecule has 1 radical (unpaired) electrons. The fourth-order valence-electron chi connectivity index (χ4n) is 1.28. The molecule has 0 aliphatic carbocycles. The highest BCUT2D eigenvalue weighted by atomic mass is 16.3. The van der Waals surface area contributed by atoms with Crippen LogP contribution in [0.4, 0.5) is 0 Å². The Kier molecular flexibility index (Phi) is 3.92. The van der Waals surface area contributed by atoms with Crippen molar-refractivity contribution in [2.24, 2.45) is 0 Å². The average Bonchev–Trinajstić information content (AvgIpc) is 2.45. The number of unbranched alkanes of at least 4 members (excludes halogenated alkanes) is 3. The maximum atomic E-state index is 5.28. The van der Waals surface area contributed by atoms with E-state index >= 15 is 0 Å². The van der Waals surface area contributed by atoms with E-state index in [1.807, 2.05) is 6.07 Å². The number of hydrogen-bond donors (Lipinski definition) is 0. The molecule has 12 heavy (non-hydrogen) atoms. The first-order valence-corrected chi connectivity index (χ1v) is 4.72. The zero-order valence-electron chi connectivity index (χ0n) is 7.81. The molecular formula is C11H17O. The molecule has 1 heteroatoms. The van der Waals surface area contributed by atoms with Gasteiger partial charge < -0.3 is 4.42 Å². The van der Waals surface area contributed by atoms with E-state index in [4.69, 9.17) is 4.42 Å². The zero-order valence-corrected chi connectivity index (χ0v) is 7.81. The molecule has 1 rings (SSSR count). The van der Waals surface area contributed by atoms with Gasteiger partial charge in [0.15, 0.2) is 0 Å².